The lowest BCUT2D eigenvalue weighted by Crippen LogP contribution is -2.39. The van der Waals surface area contributed by atoms with Gasteiger partial charge in [0.25, 0.3) is 0 Å². The van der Waals surface area contributed by atoms with E-state index >= 15 is 0 Å². The molecule has 3 unspecified atom stereocenters. The highest BCUT2D eigenvalue weighted by Crippen LogP contribution is 2.27. The molecule has 65 heavy (non-hydrogen) atoms. The molecular weight excluding hydrogens is 954 g/mol. The summed E-state index contributed by atoms with van der Waals surface area (Å²) in [6.45, 7) is 21.5. The first-order valence-corrected chi connectivity index (χ1v) is 24.5. The van der Waals surface area contributed by atoms with E-state index in [0.29, 0.717) is 36.2 Å². The minimum absolute atomic E-state index is 0.167. The Kier molecular flexibility index (Phi) is 22.1. The summed E-state index contributed by atoms with van der Waals surface area (Å²) in [6.07, 6.45) is 12.2. The van der Waals surface area contributed by atoms with Gasteiger partial charge in [-0.25, -0.2) is 24.7 Å². The summed E-state index contributed by atoms with van der Waals surface area (Å²) in [5, 5.41) is 31.7. The number of halogens is 2. The third kappa shape index (κ3) is 19.3. The number of β-amino-alcohol motifs (C(OH)–C–C–N with tert-alkyl or cyclic N) is 3. The Hall–Kier alpha value is -3.61. The lowest BCUT2D eigenvalue weighted by Gasteiger charge is -2.34. The molecule has 3 saturated heterocycles. The number of aliphatic hydroxyl groups excluding tert-OH is 3. The molecular formula is C49H73Br2N9O5. The molecule has 0 spiro atoms. The van der Waals surface area contributed by atoms with Gasteiger partial charge < -0.3 is 25.8 Å². The average molecular weight is 1030 g/mol. The third-order valence-electron chi connectivity index (χ3n) is 11.8. The van der Waals surface area contributed by atoms with Gasteiger partial charge in [0, 0.05) is 62.5 Å². The Morgan fingerprint density at radius 3 is 1.34 bits per heavy atom. The van der Waals surface area contributed by atoms with Crippen LogP contribution in [0.15, 0.2) is 82.5 Å². The highest BCUT2D eigenvalue weighted by Gasteiger charge is 2.25. The number of anilines is 2. The minimum Gasteiger partial charge on any atom is -0.444 e. The molecule has 0 radical (unpaired) electrons. The number of aromatic nitrogens is 4. The van der Waals surface area contributed by atoms with Crippen LogP contribution in [0.2, 0.25) is 0 Å². The first kappa shape index (κ1) is 54.0. The van der Waals surface area contributed by atoms with Gasteiger partial charge in [0.2, 0.25) is 0 Å². The van der Waals surface area contributed by atoms with Crippen molar-refractivity contribution in [3.8, 4) is 0 Å². The van der Waals surface area contributed by atoms with E-state index in [4.69, 9.17) is 10.5 Å². The van der Waals surface area contributed by atoms with E-state index in [9.17, 15) is 20.1 Å². The zero-order valence-electron chi connectivity index (χ0n) is 39.6. The Bertz CT molecular complexity index is 1900. The Morgan fingerprint density at radius 1 is 0.631 bits per heavy atom. The maximum Gasteiger partial charge on any atom is 0.413 e. The SMILES string of the molecule is CC(C)c1ccc(Br)nc1.CC(c1ccc(Br)nc1)N1CCC[C@H](O)C1.CC(c1ccc(N)nc1)N1CCC[C@H](O)C1.CC(c1ccc(NC(=O)OC(C)(C)C)nc1)N1CCC[C@H](O)C1. The van der Waals surface area contributed by atoms with E-state index in [1.165, 1.54) is 11.1 Å². The van der Waals surface area contributed by atoms with Crippen molar-refractivity contribution in [2.45, 2.75) is 142 Å². The number of likely N-dealkylation sites (tertiary alicyclic amines) is 3. The van der Waals surface area contributed by atoms with E-state index in [1.807, 2.05) is 69.7 Å². The molecule has 4 aromatic heterocycles. The Balaban J connectivity index is 0.000000197. The number of hydrogen-bond donors (Lipinski definition) is 5. The molecule has 0 bridgehead atoms. The summed E-state index contributed by atoms with van der Waals surface area (Å²) in [5.74, 6) is 1.59. The van der Waals surface area contributed by atoms with Crippen molar-refractivity contribution < 1.29 is 24.9 Å². The summed E-state index contributed by atoms with van der Waals surface area (Å²) in [6, 6.07) is 16.5. The summed E-state index contributed by atoms with van der Waals surface area (Å²) >= 11 is 6.62. The molecule has 1 amide bonds. The largest absolute Gasteiger partial charge is 0.444 e. The molecule has 6 N–H and O–H groups in total. The van der Waals surface area contributed by atoms with Crippen molar-refractivity contribution in [1.82, 2.24) is 34.6 Å². The monoisotopic (exact) mass is 1030 g/mol. The number of rotatable bonds is 8. The molecule has 16 heteroatoms. The summed E-state index contributed by atoms with van der Waals surface area (Å²) in [7, 11) is 0. The zero-order chi connectivity index (χ0) is 47.7. The van der Waals surface area contributed by atoms with Gasteiger partial charge in [-0.1, -0.05) is 38.1 Å². The van der Waals surface area contributed by atoms with Gasteiger partial charge in [-0.2, -0.15) is 0 Å². The molecule has 3 aliphatic heterocycles. The van der Waals surface area contributed by atoms with Gasteiger partial charge in [-0.15, -0.1) is 0 Å². The number of nitrogens with one attached hydrogen (secondary N) is 1. The van der Waals surface area contributed by atoms with Crippen LogP contribution in [0.4, 0.5) is 16.4 Å². The van der Waals surface area contributed by atoms with Crippen LogP contribution in [-0.4, -0.2) is 119 Å². The van der Waals surface area contributed by atoms with E-state index in [0.717, 1.165) is 91.6 Å². The fraction of sp³-hybridized carbons (Fsp3) is 0.571. The quantitative estimate of drug-likeness (QED) is 0.105. The van der Waals surface area contributed by atoms with Crippen LogP contribution in [0.3, 0.4) is 0 Å². The van der Waals surface area contributed by atoms with E-state index in [2.05, 4.69) is 119 Å². The number of carbonyl (C=O) groups is 1. The van der Waals surface area contributed by atoms with Crippen LogP contribution in [0.1, 0.15) is 140 Å². The van der Waals surface area contributed by atoms with Crippen molar-refractivity contribution in [3.63, 3.8) is 0 Å². The molecule has 14 nitrogen and oxygen atoms in total. The summed E-state index contributed by atoms with van der Waals surface area (Å²) < 4.78 is 6.96. The molecule has 0 aromatic carbocycles. The fourth-order valence-corrected chi connectivity index (χ4v) is 8.27. The van der Waals surface area contributed by atoms with Crippen molar-refractivity contribution in [2.24, 2.45) is 0 Å². The molecule has 0 aliphatic carbocycles. The number of amides is 1. The molecule has 3 fully saturated rings. The maximum absolute atomic E-state index is 11.7. The van der Waals surface area contributed by atoms with Crippen LogP contribution < -0.4 is 11.1 Å². The number of piperidine rings is 3. The fourth-order valence-electron chi connectivity index (χ4n) is 7.80. The van der Waals surface area contributed by atoms with Gasteiger partial charge in [0.05, 0.1) is 18.3 Å². The molecule has 4 aromatic rings. The highest BCUT2D eigenvalue weighted by molar-refractivity contribution is 9.10. The maximum atomic E-state index is 11.7. The first-order valence-electron chi connectivity index (χ1n) is 22.9. The minimum atomic E-state index is -0.534. The molecule has 358 valence electrons. The number of aliphatic hydroxyl groups is 3. The summed E-state index contributed by atoms with van der Waals surface area (Å²) in [5.41, 5.74) is 9.73. The van der Waals surface area contributed by atoms with Crippen LogP contribution in [-0.2, 0) is 4.74 Å². The second-order valence-corrected chi connectivity index (χ2v) is 20.1. The number of hydrogen-bond acceptors (Lipinski definition) is 13. The topological polar surface area (TPSA) is 186 Å². The second-order valence-electron chi connectivity index (χ2n) is 18.5. The summed E-state index contributed by atoms with van der Waals surface area (Å²) in [4.78, 5) is 35.3. The number of carbonyl (C=O) groups excluding carboxylic acids is 1. The van der Waals surface area contributed by atoms with Crippen LogP contribution >= 0.6 is 31.9 Å². The highest BCUT2D eigenvalue weighted by atomic mass is 79.9. The Morgan fingerprint density at radius 2 is 1.02 bits per heavy atom. The molecule has 7 rings (SSSR count). The number of nitrogen functional groups attached to an aromatic ring is 1. The molecule has 6 atom stereocenters. The van der Waals surface area contributed by atoms with Gasteiger partial charge in [0.1, 0.15) is 26.4 Å². The van der Waals surface area contributed by atoms with E-state index in [1.54, 1.807) is 12.3 Å². The number of nitrogens with zero attached hydrogens (tertiary/aromatic N) is 7. The van der Waals surface area contributed by atoms with Gasteiger partial charge in [0.15, 0.2) is 0 Å². The third-order valence-corrected chi connectivity index (χ3v) is 12.7. The van der Waals surface area contributed by atoms with Crippen molar-refractivity contribution in [3.05, 3.63) is 105 Å². The van der Waals surface area contributed by atoms with E-state index < -0.39 is 11.7 Å². The van der Waals surface area contributed by atoms with Crippen LogP contribution in [0.25, 0.3) is 0 Å². The van der Waals surface area contributed by atoms with Gasteiger partial charge in [-0.05, 0) is 184 Å². The second kappa shape index (κ2) is 26.7. The van der Waals surface area contributed by atoms with Crippen molar-refractivity contribution in [2.75, 3.05) is 50.3 Å². The van der Waals surface area contributed by atoms with Crippen LogP contribution in [0, 0.1) is 0 Å². The van der Waals surface area contributed by atoms with Crippen molar-refractivity contribution >= 4 is 49.6 Å². The van der Waals surface area contributed by atoms with Crippen molar-refractivity contribution in [1.29, 1.82) is 0 Å². The smallest absolute Gasteiger partial charge is 0.413 e. The number of ether oxygens (including phenoxy) is 1. The van der Waals surface area contributed by atoms with Crippen LogP contribution in [0.5, 0.6) is 0 Å². The zero-order valence-corrected chi connectivity index (χ0v) is 42.7. The lowest BCUT2D eigenvalue weighted by molar-refractivity contribution is 0.0501. The lowest BCUT2D eigenvalue weighted by atomic mass is 10.0. The van der Waals surface area contributed by atoms with E-state index in [-0.39, 0.29) is 24.4 Å². The first-order chi connectivity index (χ1) is 30.8. The predicted octanol–water partition coefficient (Wildman–Crippen LogP) is 9.46. The number of pyridine rings is 4. The Labute approximate surface area is 404 Å². The number of nitrogens with two attached hydrogens (primary N) is 1. The molecule has 3 aliphatic rings. The normalized spacial score (nSPS) is 20.9. The van der Waals surface area contributed by atoms with Gasteiger partial charge >= 0.3 is 6.09 Å². The molecule has 0 saturated carbocycles. The average Bonchev–Trinajstić information content (AvgIpc) is 3.27. The standard InChI is InChI=1S/C17H27N3O3.C12H17BrN2O.C12H19N3O.C8H10BrN/c1-12(20-9-5-6-14(21)11-20)13-7-8-15(18-10-13)19-16(22)23-17(2,3)4;2*1-9(10-4-5-12(13)14-7-10)15-6-2-3-11(16)8-15;1-6(2)7-3-4-8(9)10-5-7/h7-8,10,12,14,21H,5-6,9,11H2,1-4H3,(H,18,19,22);4-5,7,9,11,16H,2-3,6,8H2,1H3;4-5,7,9,11,16H,2-3,6,8H2,1H3,(H2,13,14);3-6H,1-2H3/t12?,14-;2*9?,11-;/m000./s1. The predicted molar refractivity (Wildman–Crippen MR) is 266 cm³/mol. The molecule has 7 heterocycles. The van der Waals surface area contributed by atoms with Gasteiger partial charge in [-0.3, -0.25) is 20.0 Å².